The van der Waals surface area contributed by atoms with Crippen molar-refractivity contribution in [1.82, 2.24) is 0 Å². The van der Waals surface area contributed by atoms with Crippen molar-refractivity contribution in [2.24, 2.45) is 0 Å². The van der Waals surface area contributed by atoms with E-state index >= 15 is 0 Å². The third-order valence-electron chi connectivity index (χ3n) is 3.52. The van der Waals surface area contributed by atoms with Crippen LogP contribution >= 0.6 is 0 Å². The Bertz CT molecular complexity index is 234. The van der Waals surface area contributed by atoms with E-state index in [0.717, 1.165) is 6.04 Å². The Morgan fingerprint density at radius 2 is 1.53 bits per heavy atom. The lowest BCUT2D eigenvalue weighted by Crippen LogP contribution is -2.51. The summed E-state index contributed by atoms with van der Waals surface area (Å²) in [6.07, 6.45) is 0. The summed E-state index contributed by atoms with van der Waals surface area (Å²) in [5.74, 6) is 0. The molecule has 0 fully saturated rings. The minimum Gasteiger partial charge on any atom is -0.449 e. The molecule has 0 amide bonds. The van der Waals surface area contributed by atoms with Gasteiger partial charge in [-0.1, -0.05) is 39.1 Å². The van der Waals surface area contributed by atoms with E-state index in [0.29, 0.717) is 0 Å². The summed E-state index contributed by atoms with van der Waals surface area (Å²) >= 11 is 0. The van der Waals surface area contributed by atoms with Gasteiger partial charge in [-0.3, -0.25) is 0 Å². The number of hydrogen-bond acceptors (Lipinski definition) is 1. The van der Waals surface area contributed by atoms with Gasteiger partial charge in [0.25, 0.3) is 0 Å². The lowest BCUT2D eigenvalue weighted by atomic mass is 10.2. The predicted molar refractivity (Wildman–Crippen MR) is 74.9 cm³/mol. The highest BCUT2D eigenvalue weighted by molar-refractivity contribution is 6.92. The monoisotopic (exact) mass is 242 g/mol. The van der Waals surface area contributed by atoms with Crippen LogP contribution in [0.1, 0.15) is 27.7 Å². The molecule has 0 aliphatic heterocycles. The van der Waals surface area contributed by atoms with Gasteiger partial charge in [0.15, 0.2) is 8.32 Å². The molecule has 0 aromatic rings. The Balaban J connectivity index is 5.02. The highest BCUT2D eigenvalue weighted by Crippen LogP contribution is 2.41. The molecule has 0 bridgehead atoms. The normalized spacial score (nSPS) is 16.9. The summed E-state index contributed by atoms with van der Waals surface area (Å²) < 4.78 is 6.48. The third kappa shape index (κ3) is 3.43. The first-order valence-corrected chi connectivity index (χ1v) is 10.8. The molecule has 1 nitrogen and oxygen atoms in total. The zero-order chi connectivity index (χ0) is 12.3. The standard InChI is InChI=1S/C12H26OSi2/c1-9-14(7,10-2)13-15(8,11-3)12(4,5)6/h9-10H,1-2,11H2,3-8H3. The molecule has 0 heterocycles. The Morgan fingerprint density at radius 3 is 1.73 bits per heavy atom. The van der Waals surface area contributed by atoms with Crippen LogP contribution in [0.5, 0.6) is 0 Å². The van der Waals surface area contributed by atoms with Crippen molar-refractivity contribution < 1.29 is 4.12 Å². The third-order valence-corrected chi connectivity index (χ3v) is 13.2. The lowest BCUT2D eigenvalue weighted by Gasteiger charge is -2.43. The van der Waals surface area contributed by atoms with Gasteiger partial charge in [-0.05, 0) is 24.2 Å². The second kappa shape index (κ2) is 4.81. The molecular weight excluding hydrogens is 216 g/mol. The van der Waals surface area contributed by atoms with Gasteiger partial charge < -0.3 is 4.12 Å². The van der Waals surface area contributed by atoms with Gasteiger partial charge in [-0.2, -0.15) is 0 Å². The second-order valence-electron chi connectivity index (χ2n) is 5.53. The fourth-order valence-corrected chi connectivity index (χ4v) is 8.99. The molecule has 0 aromatic carbocycles. The maximum atomic E-state index is 6.48. The fourth-order valence-electron chi connectivity index (χ4n) is 1.41. The van der Waals surface area contributed by atoms with Crippen LogP contribution in [0.25, 0.3) is 0 Å². The molecule has 0 spiro atoms. The molecule has 0 N–H and O–H groups in total. The molecule has 0 aliphatic rings. The van der Waals surface area contributed by atoms with Crippen molar-refractivity contribution in [3.63, 3.8) is 0 Å². The average Bonchev–Trinajstić information content (AvgIpc) is 2.15. The molecule has 0 saturated carbocycles. The Hall–Kier alpha value is -0.126. The maximum absolute atomic E-state index is 6.48. The highest BCUT2D eigenvalue weighted by atomic mass is 28.4. The van der Waals surface area contributed by atoms with Crippen molar-refractivity contribution in [2.45, 2.75) is 51.9 Å². The van der Waals surface area contributed by atoms with Crippen molar-refractivity contribution >= 4 is 16.6 Å². The largest absolute Gasteiger partial charge is 0.449 e. The first kappa shape index (κ1) is 14.9. The van der Waals surface area contributed by atoms with Crippen molar-refractivity contribution in [1.29, 1.82) is 0 Å². The van der Waals surface area contributed by atoms with Gasteiger partial charge in [-0.15, -0.1) is 13.2 Å². The van der Waals surface area contributed by atoms with Crippen LogP contribution in [0.3, 0.4) is 0 Å². The SMILES string of the molecule is C=C[Si](C)(C=C)O[Si](C)(CC)C(C)(C)C. The predicted octanol–water partition coefficient (Wildman–Crippen LogP) is 4.42. The van der Waals surface area contributed by atoms with Gasteiger partial charge in [-0.25, -0.2) is 0 Å². The van der Waals surface area contributed by atoms with E-state index in [9.17, 15) is 0 Å². The summed E-state index contributed by atoms with van der Waals surface area (Å²) in [5.41, 5.74) is 3.96. The van der Waals surface area contributed by atoms with Crippen molar-refractivity contribution in [3.8, 4) is 0 Å². The van der Waals surface area contributed by atoms with Crippen LogP contribution in [0.4, 0.5) is 0 Å². The summed E-state index contributed by atoms with van der Waals surface area (Å²) in [6.45, 7) is 21.4. The van der Waals surface area contributed by atoms with Crippen LogP contribution in [-0.2, 0) is 4.12 Å². The second-order valence-corrected chi connectivity index (χ2v) is 14.2. The Kier molecular flexibility index (Phi) is 4.77. The van der Waals surface area contributed by atoms with Gasteiger partial charge >= 0.3 is 0 Å². The lowest BCUT2D eigenvalue weighted by molar-refractivity contribution is 0.489. The molecule has 1 atom stereocenters. The molecule has 0 rings (SSSR count). The minimum atomic E-state index is -1.87. The molecule has 0 aromatic heterocycles. The minimum absolute atomic E-state index is 0.266. The summed E-state index contributed by atoms with van der Waals surface area (Å²) in [5, 5.41) is 0.266. The summed E-state index contributed by atoms with van der Waals surface area (Å²) in [7, 11) is -3.56. The summed E-state index contributed by atoms with van der Waals surface area (Å²) in [4.78, 5) is 0. The van der Waals surface area contributed by atoms with E-state index in [4.69, 9.17) is 4.12 Å². The van der Waals surface area contributed by atoms with Gasteiger partial charge in [0, 0.05) is 0 Å². The van der Waals surface area contributed by atoms with Crippen LogP contribution < -0.4 is 0 Å². The Labute approximate surface area is 97.5 Å². The molecule has 15 heavy (non-hydrogen) atoms. The van der Waals surface area contributed by atoms with E-state index in [-0.39, 0.29) is 5.04 Å². The van der Waals surface area contributed by atoms with Crippen LogP contribution in [0.2, 0.25) is 24.2 Å². The molecule has 0 radical (unpaired) electrons. The average molecular weight is 243 g/mol. The van der Waals surface area contributed by atoms with Gasteiger partial charge in [0.2, 0.25) is 8.32 Å². The number of hydrogen-bond donors (Lipinski definition) is 0. The van der Waals surface area contributed by atoms with E-state index in [1.807, 2.05) is 11.4 Å². The maximum Gasteiger partial charge on any atom is 0.226 e. The van der Waals surface area contributed by atoms with Crippen LogP contribution in [-0.4, -0.2) is 16.6 Å². The zero-order valence-electron chi connectivity index (χ0n) is 11.2. The van der Waals surface area contributed by atoms with E-state index < -0.39 is 16.6 Å². The number of rotatable bonds is 5. The molecule has 1 unspecified atom stereocenters. The van der Waals surface area contributed by atoms with Crippen molar-refractivity contribution in [3.05, 3.63) is 24.6 Å². The quantitative estimate of drug-likeness (QED) is 0.648. The van der Waals surface area contributed by atoms with Gasteiger partial charge in [0.1, 0.15) is 0 Å². The summed E-state index contributed by atoms with van der Waals surface area (Å²) in [6, 6.07) is 1.14. The highest BCUT2D eigenvalue weighted by Gasteiger charge is 2.44. The van der Waals surface area contributed by atoms with Crippen molar-refractivity contribution in [2.75, 3.05) is 0 Å². The molecular formula is C12H26OSi2. The Morgan fingerprint density at radius 1 is 1.13 bits per heavy atom. The van der Waals surface area contributed by atoms with E-state index in [1.165, 1.54) is 0 Å². The molecule has 0 aliphatic carbocycles. The topological polar surface area (TPSA) is 9.23 Å². The van der Waals surface area contributed by atoms with Gasteiger partial charge in [0.05, 0.1) is 0 Å². The molecule has 0 saturated heterocycles. The van der Waals surface area contributed by atoms with E-state index in [1.54, 1.807) is 0 Å². The molecule has 3 heteroatoms. The molecule has 88 valence electrons. The van der Waals surface area contributed by atoms with Crippen LogP contribution in [0, 0.1) is 0 Å². The fraction of sp³-hybridized carbons (Fsp3) is 0.667. The first-order chi connectivity index (χ1) is 6.64. The van der Waals surface area contributed by atoms with E-state index in [2.05, 4.69) is 53.9 Å². The smallest absolute Gasteiger partial charge is 0.226 e. The van der Waals surface area contributed by atoms with Crippen LogP contribution in [0.15, 0.2) is 24.6 Å². The zero-order valence-corrected chi connectivity index (χ0v) is 13.2. The first-order valence-electron chi connectivity index (χ1n) is 5.61.